The van der Waals surface area contributed by atoms with Crippen LogP contribution in [0, 0.1) is 0 Å². The summed E-state index contributed by atoms with van der Waals surface area (Å²) in [6.45, 7) is 3.74. The summed E-state index contributed by atoms with van der Waals surface area (Å²) >= 11 is 12.7. The molecule has 24 heavy (non-hydrogen) atoms. The first-order chi connectivity index (χ1) is 11.6. The maximum atomic E-state index is 12.3. The molecule has 0 bridgehead atoms. The van der Waals surface area contributed by atoms with Crippen molar-refractivity contribution in [3.05, 3.63) is 27.4 Å². The van der Waals surface area contributed by atoms with Gasteiger partial charge in [-0.1, -0.05) is 23.2 Å². The van der Waals surface area contributed by atoms with Gasteiger partial charge in [-0.3, -0.25) is 4.79 Å². The Morgan fingerprint density at radius 1 is 1.42 bits per heavy atom. The molecular weight excluding hydrogens is 351 g/mol. The fourth-order valence-electron chi connectivity index (χ4n) is 3.34. The van der Waals surface area contributed by atoms with Crippen LogP contribution in [0.1, 0.15) is 30.5 Å². The van der Waals surface area contributed by atoms with Crippen LogP contribution in [0.3, 0.4) is 0 Å². The van der Waals surface area contributed by atoms with Gasteiger partial charge >= 0.3 is 0 Å². The Labute approximate surface area is 149 Å². The third-order valence-corrected chi connectivity index (χ3v) is 5.56. The van der Waals surface area contributed by atoms with E-state index in [9.17, 15) is 4.79 Å². The third-order valence-electron chi connectivity index (χ3n) is 4.77. The lowest BCUT2D eigenvalue weighted by Crippen LogP contribution is -2.32. The summed E-state index contributed by atoms with van der Waals surface area (Å²) < 4.78 is 11.4. The van der Waals surface area contributed by atoms with Crippen molar-refractivity contribution in [2.45, 2.75) is 31.8 Å². The van der Waals surface area contributed by atoms with Gasteiger partial charge in [0.2, 0.25) is 5.91 Å². The molecular formula is C17H18Cl2N2O3. The van der Waals surface area contributed by atoms with E-state index in [0.717, 1.165) is 41.6 Å². The quantitative estimate of drug-likeness (QED) is 0.872. The number of carbonyl (C=O) groups is 1. The molecule has 0 saturated carbocycles. The number of hydrogen-bond acceptors (Lipinski definition) is 3. The van der Waals surface area contributed by atoms with Crippen LogP contribution in [-0.2, 0) is 16.0 Å². The van der Waals surface area contributed by atoms with Crippen LogP contribution in [-0.4, -0.2) is 36.8 Å². The van der Waals surface area contributed by atoms with Crippen LogP contribution >= 0.6 is 23.2 Å². The summed E-state index contributed by atoms with van der Waals surface area (Å²) in [5.41, 5.74) is 2.69. The molecule has 5 nitrogen and oxygen atoms in total. The molecule has 128 valence electrons. The predicted octanol–water partition coefficient (Wildman–Crippen LogP) is 3.42. The van der Waals surface area contributed by atoms with Gasteiger partial charge in [0.25, 0.3) is 0 Å². The van der Waals surface area contributed by atoms with Gasteiger partial charge in [-0.2, -0.15) is 0 Å². The minimum absolute atomic E-state index is 0.00833. The topological polar surface area (TPSA) is 63.4 Å². The predicted molar refractivity (Wildman–Crippen MR) is 93.3 cm³/mol. The summed E-state index contributed by atoms with van der Waals surface area (Å²) in [5.74, 6) is 0.374. The van der Waals surface area contributed by atoms with Crippen LogP contribution in [0.2, 0.25) is 10.0 Å². The van der Waals surface area contributed by atoms with Crippen LogP contribution in [0.15, 0.2) is 6.07 Å². The van der Waals surface area contributed by atoms with Crippen molar-refractivity contribution in [2.75, 3.05) is 19.8 Å². The largest absolute Gasteiger partial charge is 0.490 e. The number of fused-ring (bicyclic) bond motifs is 3. The smallest absolute Gasteiger partial charge is 0.227 e. The second-order valence-electron chi connectivity index (χ2n) is 6.29. The fraction of sp³-hybridized carbons (Fsp3) is 0.471. The van der Waals surface area contributed by atoms with Gasteiger partial charge in [-0.05, 0) is 12.5 Å². The highest BCUT2D eigenvalue weighted by Crippen LogP contribution is 2.43. The van der Waals surface area contributed by atoms with E-state index in [0.29, 0.717) is 28.9 Å². The lowest BCUT2D eigenvalue weighted by molar-refractivity contribution is -0.121. The molecule has 7 heteroatoms. The first-order valence-electron chi connectivity index (χ1n) is 8.10. The molecule has 1 aromatic carbocycles. The van der Waals surface area contributed by atoms with Crippen molar-refractivity contribution in [3.8, 4) is 5.75 Å². The van der Waals surface area contributed by atoms with E-state index in [1.807, 2.05) is 6.92 Å². The average molecular weight is 369 g/mol. The number of aromatic nitrogens is 1. The number of nitrogens with one attached hydrogen (secondary N) is 2. The maximum absolute atomic E-state index is 12.3. The maximum Gasteiger partial charge on any atom is 0.227 e. The van der Waals surface area contributed by atoms with Gasteiger partial charge in [0, 0.05) is 43.1 Å². The lowest BCUT2D eigenvalue weighted by atomic mass is 9.96. The van der Waals surface area contributed by atoms with E-state index in [2.05, 4.69) is 10.3 Å². The standard InChI is InChI=1S/C17H18Cl2N2O3/c1-8-13-11(2-4-20-17(8)22)21-16-14(13)12(6-10(18)15(16)19)24-7-9-3-5-23-9/h6,8-9,21H,2-5,7H2,1H3,(H,20,22)/t8?,9-/m1/s1. The number of aromatic amines is 1. The van der Waals surface area contributed by atoms with Crippen molar-refractivity contribution in [3.63, 3.8) is 0 Å². The second kappa shape index (κ2) is 6.14. The molecule has 2 atom stereocenters. The number of amides is 1. The Kier molecular flexibility index (Phi) is 4.11. The zero-order chi connectivity index (χ0) is 16.8. The highest BCUT2D eigenvalue weighted by Gasteiger charge is 2.29. The molecule has 1 fully saturated rings. The van der Waals surface area contributed by atoms with Crippen molar-refractivity contribution in [2.24, 2.45) is 0 Å². The molecule has 1 aromatic heterocycles. The zero-order valence-electron chi connectivity index (χ0n) is 13.2. The molecule has 0 aliphatic carbocycles. The SMILES string of the molecule is CC1C(=O)NCCc2[nH]c3c(Cl)c(Cl)cc(OC[C@H]4CCO4)c3c21. The molecule has 0 spiro atoms. The minimum atomic E-state index is -0.282. The molecule has 0 radical (unpaired) electrons. The Morgan fingerprint density at radius 2 is 2.21 bits per heavy atom. The highest BCUT2D eigenvalue weighted by molar-refractivity contribution is 6.45. The summed E-state index contributed by atoms with van der Waals surface area (Å²) in [7, 11) is 0. The Bertz CT molecular complexity index is 814. The molecule has 2 aromatic rings. The molecule has 2 N–H and O–H groups in total. The van der Waals surface area contributed by atoms with Crippen LogP contribution in [0.5, 0.6) is 5.75 Å². The van der Waals surface area contributed by atoms with E-state index in [1.165, 1.54) is 0 Å². The highest BCUT2D eigenvalue weighted by atomic mass is 35.5. The van der Waals surface area contributed by atoms with E-state index in [1.54, 1.807) is 6.07 Å². The van der Waals surface area contributed by atoms with Gasteiger partial charge in [0.05, 0.1) is 27.6 Å². The Morgan fingerprint density at radius 3 is 2.92 bits per heavy atom. The molecule has 1 saturated heterocycles. The number of carbonyl (C=O) groups excluding carboxylic acids is 1. The van der Waals surface area contributed by atoms with Gasteiger partial charge < -0.3 is 19.8 Å². The van der Waals surface area contributed by atoms with Crippen molar-refractivity contribution in [1.82, 2.24) is 10.3 Å². The van der Waals surface area contributed by atoms with E-state index >= 15 is 0 Å². The van der Waals surface area contributed by atoms with Crippen molar-refractivity contribution < 1.29 is 14.3 Å². The number of halogens is 2. The van der Waals surface area contributed by atoms with E-state index < -0.39 is 0 Å². The molecule has 1 amide bonds. The van der Waals surface area contributed by atoms with Gasteiger partial charge in [-0.15, -0.1) is 0 Å². The zero-order valence-corrected chi connectivity index (χ0v) is 14.8. The minimum Gasteiger partial charge on any atom is -0.490 e. The molecule has 2 aliphatic rings. The van der Waals surface area contributed by atoms with E-state index in [-0.39, 0.29) is 17.9 Å². The first kappa shape index (κ1) is 16.1. The second-order valence-corrected chi connectivity index (χ2v) is 7.08. The molecule has 2 aliphatic heterocycles. The third kappa shape index (κ3) is 2.55. The molecule has 3 heterocycles. The van der Waals surface area contributed by atoms with Gasteiger partial charge in [-0.25, -0.2) is 0 Å². The fourth-order valence-corrected chi connectivity index (χ4v) is 3.73. The summed E-state index contributed by atoms with van der Waals surface area (Å²) in [4.78, 5) is 15.6. The number of ether oxygens (including phenoxy) is 2. The molecule has 4 rings (SSSR count). The number of hydrogen-bond donors (Lipinski definition) is 2. The van der Waals surface area contributed by atoms with Crippen LogP contribution in [0.4, 0.5) is 0 Å². The lowest BCUT2D eigenvalue weighted by Gasteiger charge is -2.26. The van der Waals surface area contributed by atoms with Crippen molar-refractivity contribution >= 4 is 40.0 Å². The summed E-state index contributed by atoms with van der Waals surface area (Å²) in [6.07, 6.45) is 1.83. The Balaban J connectivity index is 1.86. The summed E-state index contributed by atoms with van der Waals surface area (Å²) in [6, 6.07) is 1.73. The number of rotatable bonds is 3. The van der Waals surface area contributed by atoms with Crippen LogP contribution in [0.25, 0.3) is 10.9 Å². The summed E-state index contributed by atoms with van der Waals surface area (Å²) in [5, 5.41) is 4.67. The normalized spacial score (nSPS) is 23.4. The van der Waals surface area contributed by atoms with Crippen molar-refractivity contribution in [1.29, 1.82) is 0 Å². The van der Waals surface area contributed by atoms with Crippen LogP contribution < -0.4 is 10.1 Å². The monoisotopic (exact) mass is 368 g/mol. The average Bonchev–Trinajstić information content (AvgIpc) is 2.83. The molecule has 1 unspecified atom stereocenters. The van der Waals surface area contributed by atoms with E-state index in [4.69, 9.17) is 32.7 Å². The number of benzene rings is 1. The first-order valence-corrected chi connectivity index (χ1v) is 8.86. The van der Waals surface area contributed by atoms with Gasteiger partial charge in [0.1, 0.15) is 12.4 Å². The Hall–Kier alpha value is -1.43. The number of H-pyrrole nitrogens is 1. The van der Waals surface area contributed by atoms with Gasteiger partial charge in [0.15, 0.2) is 0 Å².